The van der Waals surface area contributed by atoms with Crippen molar-refractivity contribution < 1.29 is 19.5 Å². The number of halogens is 2. The van der Waals surface area contributed by atoms with Crippen molar-refractivity contribution in [2.75, 3.05) is 10.6 Å². The molecule has 0 saturated carbocycles. The van der Waals surface area contributed by atoms with Crippen molar-refractivity contribution >= 4 is 74.9 Å². The number of hydrogen-bond donors (Lipinski definition) is 3. The number of thiazole rings is 1. The third-order valence-corrected chi connectivity index (χ3v) is 8.21. The largest absolute Gasteiger partial charge is 0.481 e. The van der Waals surface area contributed by atoms with E-state index in [1.807, 2.05) is 17.5 Å². The lowest BCUT2D eigenvalue weighted by Crippen LogP contribution is -2.34. The summed E-state index contributed by atoms with van der Waals surface area (Å²) in [5.41, 5.74) is 1.91. The molecule has 0 aliphatic heterocycles. The summed E-state index contributed by atoms with van der Waals surface area (Å²) in [6, 6.07) is 12.3. The number of carbonyl (C=O) groups is 3. The fourth-order valence-corrected chi connectivity index (χ4v) is 6.02. The first kappa shape index (κ1) is 27.2. The number of anilines is 2. The molecule has 2 amide bonds. The number of carbonyl (C=O) groups excluding carboxylic acids is 2. The van der Waals surface area contributed by atoms with Crippen molar-refractivity contribution in [3.63, 3.8) is 0 Å². The van der Waals surface area contributed by atoms with Crippen molar-refractivity contribution in [2.24, 2.45) is 11.8 Å². The maximum atomic E-state index is 12.8. The van der Waals surface area contributed by atoms with E-state index in [1.165, 1.54) is 23.1 Å². The highest BCUT2D eigenvalue weighted by molar-refractivity contribution is 8.00. The van der Waals surface area contributed by atoms with E-state index in [0.717, 1.165) is 10.5 Å². The molecule has 0 radical (unpaired) electrons. The van der Waals surface area contributed by atoms with E-state index >= 15 is 0 Å². The average molecular weight is 577 g/mol. The minimum Gasteiger partial charge on any atom is -0.481 e. The van der Waals surface area contributed by atoms with Gasteiger partial charge in [0.05, 0.1) is 27.8 Å². The van der Waals surface area contributed by atoms with Crippen LogP contribution in [0.25, 0.3) is 11.3 Å². The summed E-state index contributed by atoms with van der Waals surface area (Å²) >= 11 is 14.9. The van der Waals surface area contributed by atoms with E-state index in [0.29, 0.717) is 39.4 Å². The minimum atomic E-state index is -0.975. The van der Waals surface area contributed by atoms with Gasteiger partial charge in [-0.2, -0.15) is 0 Å². The van der Waals surface area contributed by atoms with Gasteiger partial charge in [0.2, 0.25) is 11.8 Å². The second kappa shape index (κ2) is 12.1. The number of aromatic nitrogens is 1. The number of nitrogens with zero attached hydrogens (tertiary/aromatic N) is 1. The SMILES string of the molecule is CC(Sc1cccc(NC(=O)C2CC=CCC2C(=O)O)c1)C(=O)Nc1nc(-c2ccc(Cl)cc2Cl)cs1. The fourth-order valence-electron chi connectivity index (χ4n) is 3.88. The van der Waals surface area contributed by atoms with Crippen LogP contribution in [0.2, 0.25) is 10.0 Å². The molecule has 2 aromatic carbocycles. The molecule has 3 N–H and O–H groups in total. The second-order valence-corrected chi connectivity index (χ2v) is 11.5. The number of rotatable bonds is 8. The molecule has 3 aromatic rings. The van der Waals surface area contributed by atoms with E-state index < -0.39 is 23.1 Å². The highest BCUT2D eigenvalue weighted by Gasteiger charge is 2.34. The van der Waals surface area contributed by atoms with Gasteiger partial charge in [0.25, 0.3) is 0 Å². The molecule has 37 heavy (non-hydrogen) atoms. The zero-order valence-corrected chi connectivity index (χ0v) is 22.8. The van der Waals surface area contributed by atoms with Gasteiger partial charge in [-0.25, -0.2) is 4.98 Å². The molecule has 3 unspecified atom stereocenters. The molecule has 0 bridgehead atoms. The molecular weight excluding hydrogens is 553 g/mol. The molecule has 1 aromatic heterocycles. The zero-order valence-electron chi connectivity index (χ0n) is 19.6. The van der Waals surface area contributed by atoms with Gasteiger partial charge in [-0.05, 0) is 56.2 Å². The molecule has 4 rings (SSSR count). The number of allylic oxidation sites excluding steroid dienone is 2. The van der Waals surface area contributed by atoms with Gasteiger partial charge in [0.1, 0.15) is 0 Å². The number of carboxylic acid groups (broad SMARTS) is 1. The van der Waals surface area contributed by atoms with Crippen molar-refractivity contribution in [1.29, 1.82) is 0 Å². The maximum absolute atomic E-state index is 12.8. The Morgan fingerprint density at radius 3 is 2.57 bits per heavy atom. The van der Waals surface area contributed by atoms with E-state index in [2.05, 4.69) is 15.6 Å². The summed E-state index contributed by atoms with van der Waals surface area (Å²) in [7, 11) is 0. The summed E-state index contributed by atoms with van der Waals surface area (Å²) in [5, 5.41) is 17.9. The van der Waals surface area contributed by atoms with Crippen LogP contribution in [0, 0.1) is 11.8 Å². The molecule has 0 spiro atoms. The molecule has 1 aliphatic carbocycles. The molecule has 0 fully saturated rings. The number of hydrogen-bond acceptors (Lipinski definition) is 6. The molecule has 11 heteroatoms. The first-order chi connectivity index (χ1) is 17.7. The van der Waals surface area contributed by atoms with Gasteiger partial charge in [0.15, 0.2) is 5.13 Å². The number of aliphatic carboxylic acids is 1. The van der Waals surface area contributed by atoms with Crippen LogP contribution in [0.1, 0.15) is 19.8 Å². The first-order valence-corrected chi connectivity index (χ1v) is 13.9. The minimum absolute atomic E-state index is 0.221. The Labute approximate surface area is 232 Å². The van der Waals surface area contributed by atoms with Crippen LogP contribution in [-0.4, -0.2) is 33.1 Å². The average Bonchev–Trinajstić information content (AvgIpc) is 3.32. The molecule has 7 nitrogen and oxygen atoms in total. The monoisotopic (exact) mass is 575 g/mol. The Bertz CT molecular complexity index is 1360. The van der Waals surface area contributed by atoms with Crippen LogP contribution in [0.15, 0.2) is 64.9 Å². The van der Waals surface area contributed by atoms with E-state index in [1.54, 1.807) is 49.4 Å². The molecular formula is C26H23Cl2N3O4S2. The lowest BCUT2D eigenvalue weighted by atomic mass is 9.82. The summed E-state index contributed by atoms with van der Waals surface area (Å²) in [6.07, 6.45) is 4.36. The fraction of sp³-hybridized carbons (Fsp3) is 0.231. The highest BCUT2D eigenvalue weighted by Crippen LogP contribution is 2.33. The lowest BCUT2D eigenvalue weighted by molar-refractivity contribution is -0.146. The van der Waals surface area contributed by atoms with Gasteiger partial charge < -0.3 is 15.7 Å². The first-order valence-electron chi connectivity index (χ1n) is 11.4. The number of amides is 2. The zero-order chi connectivity index (χ0) is 26.5. The quantitative estimate of drug-likeness (QED) is 0.200. The van der Waals surface area contributed by atoms with Crippen LogP contribution in [-0.2, 0) is 14.4 Å². The Morgan fingerprint density at radius 2 is 1.84 bits per heavy atom. The third-order valence-electron chi connectivity index (χ3n) is 5.81. The molecule has 1 aliphatic rings. The van der Waals surface area contributed by atoms with Crippen LogP contribution in [0.4, 0.5) is 10.8 Å². The van der Waals surface area contributed by atoms with Crippen molar-refractivity contribution in [3.05, 3.63) is 70.0 Å². The van der Waals surface area contributed by atoms with E-state index in [4.69, 9.17) is 23.2 Å². The smallest absolute Gasteiger partial charge is 0.307 e. The molecule has 192 valence electrons. The summed E-state index contributed by atoms with van der Waals surface area (Å²) < 4.78 is 0. The van der Waals surface area contributed by atoms with E-state index in [9.17, 15) is 19.5 Å². The lowest BCUT2D eigenvalue weighted by Gasteiger charge is -2.24. The predicted molar refractivity (Wildman–Crippen MR) is 150 cm³/mol. The Morgan fingerprint density at radius 1 is 1.08 bits per heavy atom. The summed E-state index contributed by atoms with van der Waals surface area (Å²) in [6.45, 7) is 1.78. The summed E-state index contributed by atoms with van der Waals surface area (Å²) in [4.78, 5) is 42.3. The Hall–Kier alpha value is -2.85. The standard InChI is InChI=1S/C26H23Cl2N3O4S2/c1-14(23(32)31-26-30-22(13-36-26)20-10-9-15(27)11-21(20)28)37-17-6-4-5-16(12-17)29-24(33)18-7-2-3-8-19(18)25(34)35/h2-6,9-14,18-19H,7-8H2,1H3,(H,29,33)(H,34,35)(H,30,31,32). The van der Waals surface area contributed by atoms with Crippen LogP contribution >= 0.6 is 46.3 Å². The van der Waals surface area contributed by atoms with Crippen LogP contribution < -0.4 is 10.6 Å². The molecule has 3 atom stereocenters. The molecule has 1 heterocycles. The Balaban J connectivity index is 1.36. The van der Waals surface area contributed by atoms with Crippen molar-refractivity contribution in [2.45, 2.75) is 29.9 Å². The van der Waals surface area contributed by atoms with Crippen LogP contribution in [0.3, 0.4) is 0 Å². The topological polar surface area (TPSA) is 108 Å². The van der Waals surface area contributed by atoms with Crippen molar-refractivity contribution in [3.8, 4) is 11.3 Å². The van der Waals surface area contributed by atoms with Gasteiger partial charge >= 0.3 is 5.97 Å². The number of thioether (sulfide) groups is 1. The van der Waals surface area contributed by atoms with Gasteiger partial charge in [-0.15, -0.1) is 23.1 Å². The number of carboxylic acids is 1. The second-order valence-electron chi connectivity index (χ2n) is 8.42. The maximum Gasteiger partial charge on any atom is 0.307 e. The number of benzene rings is 2. The summed E-state index contributed by atoms with van der Waals surface area (Å²) in [5.74, 6) is -2.90. The highest BCUT2D eigenvalue weighted by atomic mass is 35.5. The predicted octanol–water partition coefficient (Wildman–Crippen LogP) is 6.84. The van der Waals surface area contributed by atoms with Crippen LogP contribution in [0.5, 0.6) is 0 Å². The molecule has 0 saturated heterocycles. The normalized spacial score (nSPS) is 17.7. The van der Waals surface area contributed by atoms with E-state index in [-0.39, 0.29) is 11.8 Å². The van der Waals surface area contributed by atoms with Gasteiger partial charge in [-0.1, -0.05) is 41.4 Å². The number of nitrogens with one attached hydrogen (secondary N) is 2. The third kappa shape index (κ3) is 6.93. The van der Waals surface area contributed by atoms with Crippen molar-refractivity contribution in [1.82, 2.24) is 4.98 Å². The van der Waals surface area contributed by atoms with Gasteiger partial charge in [-0.3, -0.25) is 14.4 Å². The Kier molecular flexibility index (Phi) is 8.91. The van der Waals surface area contributed by atoms with Gasteiger partial charge in [0, 0.05) is 26.5 Å².